The average molecular weight is 478 g/mol. The van der Waals surface area contributed by atoms with Gasteiger partial charge in [0.15, 0.2) is 6.61 Å². The number of rotatable bonds is 8. The molecule has 8 nitrogen and oxygen atoms in total. The number of thiazole rings is 1. The Balaban J connectivity index is 1.62. The molecular weight excluding hydrogens is 450 g/mol. The van der Waals surface area contributed by atoms with Gasteiger partial charge in [-0.1, -0.05) is 31.4 Å². The van der Waals surface area contributed by atoms with Gasteiger partial charge in [-0.15, -0.1) is 11.3 Å². The quantitative estimate of drug-likeness (QED) is 0.460. The van der Waals surface area contributed by atoms with Crippen molar-refractivity contribution < 1.29 is 22.7 Å². The number of hydrogen-bond donors (Lipinski definition) is 1. The third kappa shape index (κ3) is 6.24. The molecule has 0 aliphatic heterocycles. The number of para-hydroxylation sites is 1. The van der Waals surface area contributed by atoms with Gasteiger partial charge in [-0.2, -0.15) is 4.31 Å². The molecule has 32 heavy (non-hydrogen) atoms. The molecule has 0 bridgehead atoms. The summed E-state index contributed by atoms with van der Waals surface area (Å²) in [4.78, 5) is 28.4. The predicted molar refractivity (Wildman–Crippen MR) is 124 cm³/mol. The van der Waals surface area contributed by atoms with E-state index in [1.165, 1.54) is 39.9 Å². The number of amides is 1. The zero-order chi connectivity index (χ0) is 23.1. The molecule has 1 saturated carbocycles. The van der Waals surface area contributed by atoms with E-state index in [1.54, 1.807) is 24.6 Å². The number of aromatic nitrogens is 1. The first-order chi connectivity index (χ1) is 15.3. The first kappa shape index (κ1) is 24.1. The second-order valence-corrected chi connectivity index (χ2v) is 10.6. The number of hydrogen-bond acceptors (Lipinski definition) is 7. The van der Waals surface area contributed by atoms with Crippen LogP contribution in [0.4, 0.5) is 5.69 Å². The van der Waals surface area contributed by atoms with Crippen LogP contribution in [0.3, 0.4) is 0 Å². The van der Waals surface area contributed by atoms with Crippen molar-refractivity contribution in [2.75, 3.05) is 19.0 Å². The van der Waals surface area contributed by atoms with E-state index in [1.807, 2.05) is 6.92 Å². The van der Waals surface area contributed by atoms with Crippen LogP contribution in [0.5, 0.6) is 0 Å². The van der Waals surface area contributed by atoms with Crippen molar-refractivity contribution in [2.24, 2.45) is 0 Å². The number of ether oxygens (including phenoxy) is 1. The lowest BCUT2D eigenvalue weighted by Crippen LogP contribution is -2.38. The zero-order valence-corrected chi connectivity index (χ0v) is 19.7. The highest BCUT2D eigenvalue weighted by atomic mass is 32.2. The third-order valence-corrected chi connectivity index (χ3v) is 8.04. The summed E-state index contributed by atoms with van der Waals surface area (Å²) in [6.07, 6.45) is 7.48. The average Bonchev–Trinajstić information content (AvgIpc) is 3.21. The van der Waals surface area contributed by atoms with E-state index < -0.39 is 28.5 Å². The van der Waals surface area contributed by atoms with Crippen LogP contribution >= 0.6 is 11.3 Å². The van der Waals surface area contributed by atoms with E-state index >= 15 is 0 Å². The number of nitrogens with one attached hydrogen (secondary N) is 1. The molecule has 0 unspecified atom stereocenters. The number of carbonyl (C=O) groups is 2. The second kappa shape index (κ2) is 10.8. The molecule has 0 saturated heterocycles. The molecule has 1 N–H and O–H groups in total. The van der Waals surface area contributed by atoms with Crippen LogP contribution in [-0.4, -0.2) is 49.3 Å². The van der Waals surface area contributed by atoms with Crippen LogP contribution < -0.4 is 5.32 Å². The Kier molecular flexibility index (Phi) is 8.16. The summed E-state index contributed by atoms with van der Waals surface area (Å²) in [5.74, 6) is -1.32. The Hall–Kier alpha value is -2.56. The molecule has 10 heteroatoms. The highest BCUT2D eigenvalue weighted by Crippen LogP contribution is 2.29. The monoisotopic (exact) mass is 477 g/mol. The molecule has 1 aromatic heterocycles. The molecule has 0 atom stereocenters. The Bertz CT molecular complexity index is 1090. The van der Waals surface area contributed by atoms with Crippen molar-refractivity contribution in [3.63, 3.8) is 0 Å². The van der Waals surface area contributed by atoms with Gasteiger partial charge in [0, 0.05) is 24.5 Å². The fraction of sp³-hybridized carbons (Fsp3) is 0.409. The maximum absolute atomic E-state index is 13.2. The van der Waals surface area contributed by atoms with Crippen LogP contribution in [-0.2, 0) is 24.3 Å². The Morgan fingerprint density at radius 2 is 1.97 bits per heavy atom. The molecular formula is C22H27N3O5S2. The van der Waals surface area contributed by atoms with Crippen molar-refractivity contribution in [1.82, 2.24) is 9.29 Å². The lowest BCUT2D eigenvalue weighted by Gasteiger charge is -2.30. The molecule has 1 aromatic carbocycles. The number of benzene rings is 1. The molecule has 0 spiro atoms. The van der Waals surface area contributed by atoms with Crippen LogP contribution in [0.2, 0.25) is 0 Å². The lowest BCUT2D eigenvalue weighted by molar-refractivity contribution is -0.142. The summed E-state index contributed by atoms with van der Waals surface area (Å²) in [7, 11) is -2.20. The van der Waals surface area contributed by atoms with Crippen molar-refractivity contribution in [2.45, 2.75) is 50.0 Å². The molecule has 1 heterocycles. The van der Waals surface area contributed by atoms with E-state index in [0.717, 1.165) is 37.1 Å². The van der Waals surface area contributed by atoms with E-state index in [2.05, 4.69) is 10.3 Å². The Morgan fingerprint density at radius 3 is 2.66 bits per heavy atom. The van der Waals surface area contributed by atoms with Gasteiger partial charge in [0.25, 0.3) is 5.91 Å². The van der Waals surface area contributed by atoms with Crippen LogP contribution in [0.1, 0.15) is 42.8 Å². The van der Waals surface area contributed by atoms with Gasteiger partial charge in [-0.25, -0.2) is 18.2 Å². The normalized spacial score (nSPS) is 15.2. The highest BCUT2D eigenvalue weighted by Gasteiger charge is 2.31. The van der Waals surface area contributed by atoms with Gasteiger partial charge in [0.2, 0.25) is 10.0 Å². The van der Waals surface area contributed by atoms with Gasteiger partial charge in [-0.3, -0.25) is 4.79 Å². The molecule has 3 rings (SSSR count). The highest BCUT2D eigenvalue weighted by molar-refractivity contribution is 7.89. The van der Waals surface area contributed by atoms with Crippen molar-refractivity contribution >= 4 is 45.0 Å². The number of nitrogens with zero attached hydrogens (tertiary/aromatic N) is 2. The van der Waals surface area contributed by atoms with Gasteiger partial charge in [0.05, 0.1) is 16.4 Å². The number of aryl methyl sites for hydroxylation is 1. The zero-order valence-electron chi connectivity index (χ0n) is 18.1. The predicted octanol–water partition coefficient (Wildman–Crippen LogP) is 3.60. The summed E-state index contributed by atoms with van der Waals surface area (Å²) in [6.45, 7) is 1.32. The first-order valence-corrected chi connectivity index (χ1v) is 12.7. The number of anilines is 1. The van der Waals surface area contributed by atoms with Gasteiger partial charge < -0.3 is 10.1 Å². The minimum atomic E-state index is -3.79. The fourth-order valence-electron chi connectivity index (χ4n) is 3.57. The molecule has 1 aliphatic carbocycles. The van der Waals surface area contributed by atoms with E-state index in [9.17, 15) is 18.0 Å². The van der Waals surface area contributed by atoms with Crippen LogP contribution in [0.15, 0.2) is 40.6 Å². The molecule has 1 aliphatic rings. The third-order valence-electron chi connectivity index (χ3n) is 5.28. The fourth-order valence-corrected chi connectivity index (χ4v) is 5.71. The first-order valence-electron chi connectivity index (χ1n) is 10.4. The van der Waals surface area contributed by atoms with E-state index in [4.69, 9.17) is 4.74 Å². The van der Waals surface area contributed by atoms with Gasteiger partial charge in [-0.05, 0) is 38.0 Å². The Labute approximate surface area is 192 Å². The lowest BCUT2D eigenvalue weighted by atomic mass is 9.96. The van der Waals surface area contributed by atoms with Crippen molar-refractivity contribution in [3.8, 4) is 0 Å². The smallest absolute Gasteiger partial charge is 0.331 e. The second-order valence-electron chi connectivity index (χ2n) is 7.59. The maximum atomic E-state index is 13.2. The standard InChI is InChI=1S/C22H27N3O5S2/c1-16-23-17(15-31-16)12-13-22(27)30-14-21(26)24-19-10-6-7-11-20(19)32(28,29)25(2)18-8-4-3-5-9-18/h6-7,10-13,15,18H,3-5,8-9,14H2,1-2H3,(H,24,26)/b13-12+. The van der Waals surface area contributed by atoms with Gasteiger partial charge >= 0.3 is 5.97 Å². The molecule has 1 amide bonds. The molecule has 1 fully saturated rings. The minimum Gasteiger partial charge on any atom is -0.452 e. The number of sulfonamides is 1. The van der Waals surface area contributed by atoms with Crippen molar-refractivity contribution in [3.05, 3.63) is 46.4 Å². The summed E-state index contributed by atoms with van der Waals surface area (Å²) < 4.78 is 32.7. The van der Waals surface area contributed by atoms with Crippen molar-refractivity contribution in [1.29, 1.82) is 0 Å². The molecule has 2 aromatic rings. The largest absolute Gasteiger partial charge is 0.452 e. The van der Waals surface area contributed by atoms with Crippen LogP contribution in [0.25, 0.3) is 6.08 Å². The van der Waals surface area contributed by atoms with E-state index in [-0.39, 0.29) is 16.6 Å². The summed E-state index contributed by atoms with van der Waals surface area (Å²) in [6, 6.07) is 6.19. The number of esters is 1. The topological polar surface area (TPSA) is 106 Å². The summed E-state index contributed by atoms with van der Waals surface area (Å²) in [5.41, 5.74) is 0.792. The molecule has 0 radical (unpaired) electrons. The SMILES string of the molecule is Cc1nc(/C=C/C(=O)OCC(=O)Nc2ccccc2S(=O)(=O)N(C)C2CCCCC2)cs1. The minimum absolute atomic E-state index is 0.0200. The summed E-state index contributed by atoms with van der Waals surface area (Å²) in [5, 5.41) is 5.22. The Morgan fingerprint density at radius 1 is 1.25 bits per heavy atom. The van der Waals surface area contributed by atoms with E-state index in [0.29, 0.717) is 5.69 Å². The molecule has 172 valence electrons. The number of carbonyl (C=O) groups excluding carboxylic acids is 2. The van der Waals surface area contributed by atoms with Gasteiger partial charge in [0.1, 0.15) is 4.90 Å². The maximum Gasteiger partial charge on any atom is 0.331 e. The van der Waals surface area contributed by atoms with Crippen LogP contribution in [0, 0.1) is 6.92 Å². The summed E-state index contributed by atoms with van der Waals surface area (Å²) >= 11 is 1.46.